The molecule has 0 radical (unpaired) electrons. The molecule has 3 aromatic heterocycles. The summed E-state index contributed by atoms with van der Waals surface area (Å²) in [5.41, 5.74) is 5.58. The van der Waals surface area contributed by atoms with Crippen LogP contribution in [0.1, 0.15) is 5.82 Å². The summed E-state index contributed by atoms with van der Waals surface area (Å²) < 4.78 is 6.06. The monoisotopic (exact) mass is 414 g/mol. The molecule has 32 heavy (non-hydrogen) atoms. The lowest BCUT2D eigenvalue weighted by Crippen LogP contribution is -2.00. The predicted octanol–water partition coefficient (Wildman–Crippen LogP) is 6.48. The van der Waals surface area contributed by atoms with E-state index in [9.17, 15) is 0 Å². The van der Waals surface area contributed by atoms with E-state index in [0.717, 1.165) is 44.2 Å². The van der Waals surface area contributed by atoms with Crippen LogP contribution in [0.2, 0.25) is 0 Å². The SMILES string of the molecule is Cc1nc(-c2ccc3c(c2)oc2ccccc23)nc(-c2ccccc2-c2cccnc2)n1. The van der Waals surface area contributed by atoms with Crippen LogP contribution in [0.15, 0.2) is 95.7 Å². The van der Waals surface area contributed by atoms with E-state index in [2.05, 4.69) is 33.2 Å². The molecule has 3 aromatic carbocycles. The molecule has 0 unspecified atom stereocenters. The zero-order chi connectivity index (χ0) is 21.5. The average molecular weight is 414 g/mol. The van der Waals surface area contributed by atoms with Gasteiger partial charge in [0.15, 0.2) is 11.6 Å². The fraction of sp³-hybridized carbons (Fsp3) is 0.0370. The maximum absolute atomic E-state index is 6.06. The zero-order valence-electron chi connectivity index (χ0n) is 17.4. The van der Waals surface area contributed by atoms with Gasteiger partial charge in [0, 0.05) is 39.9 Å². The fourth-order valence-electron chi connectivity index (χ4n) is 4.05. The number of nitrogens with zero attached hydrogens (tertiary/aromatic N) is 4. The minimum Gasteiger partial charge on any atom is -0.456 e. The van der Waals surface area contributed by atoms with Gasteiger partial charge in [-0.25, -0.2) is 15.0 Å². The van der Waals surface area contributed by atoms with E-state index in [1.807, 2.05) is 73.8 Å². The number of aryl methyl sites for hydroxylation is 1. The van der Waals surface area contributed by atoms with Crippen LogP contribution in [0.3, 0.4) is 0 Å². The highest BCUT2D eigenvalue weighted by molar-refractivity contribution is 6.05. The van der Waals surface area contributed by atoms with Crippen LogP contribution in [-0.4, -0.2) is 19.9 Å². The lowest BCUT2D eigenvalue weighted by molar-refractivity contribution is 0.669. The highest BCUT2D eigenvalue weighted by atomic mass is 16.3. The van der Waals surface area contributed by atoms with Gasteiger partial charge < -0.3 is 4.42 Å². The number of benzene rings is 3. The molecule has 6 aromatic rings. The lowest BCUT2D eigenvalue weighted by atomic mass is 10.0. The first-order valence-electron chi connectivity index (χ1n) is 10.4. The molecule has 0 fully saturated rings. The van der Waals surface area contributed by atoms with Crippen molar-refractivity contribution in [2.45, 2.75) is 6.92 Å². The summed E-state index contributed by atoms with van der Waals surface area (Å²) in [5, 5.41) is 2.18. The van der Waals surface area contributed by atoms with Gasteiger partial charge in [-0.15, -0.1) is 0 Å². The summed E-state index contributed by atoms with van der Waals surface area (Å²) in [6, 6.07) is 26.2. The van der Waals surface area contributed by atoms with E-state index in [0.29, 0.717) is 17.5 Å². The second-order valence-corrected chi connectivity index (χ2v) is 7.63. The third-order valence-electron chi connectivity index (χ3n) is 5.52. The normalized spacial score (nSPS) is 11.3. The maximum Gasteiger partial charge on any atom is 0.164 e. The molecular formula is C27H18N4O. The van der Waals surface area contributed by atoms with Crippen molar-refractivity contribution in [2.24, 2.45) is 0 Å². The van der Waals surface area contributed by atoms with E-state index in [1.165, 1.54) is 0 Å². The van der Waals surface area contributed by atoms with Crippen LogP contribution in [0.5, 0.6) is 0 Å². The molecule has 0 saturated heterocycles. The molecule has 3 heterocycles. The molecular weight excluding hydrogens is 396 g/mol. The highest BCUT2D eigenvalue weighted by Gasteiger charge is 2.14. The second kappa shape index (κ2) is 7.39. The number of hydrogen-bond acceptors (Lipinski definition) is 5. The maximum atomic E-state index is 6.06. The van der Waals surface area contributed by atoms with Crippen molar-refractivity contribution in [1.29, 1.82) is 0 Å². The first-order valence-corrected chi connectivity index (χ1v) is 10.4. The van der Waals surface area contributed by atoms with Crippen molar-refractivity contribution < 1.29 is 4.42 Å². The summed E-state index contributed by atoms with van der Waals surface area (Å²) in [5.74, 6) is 1.92. The van der Waals surface area contributed by atoms with Gasteiger partial charge in [-0.2, -0.15) is 0 Å². The molecule has 6 rings (SSSR count). The fourth-order valence-corrected chi connectivity index (χ4v) is 4.05. The Morgan fingerprint density at radius 1 is 0.625 bits per heavy atom. The third-order valence-corrected chi connectivity index (χ3v) is 5.52. The Labute approximate surface area is 184 Å². The Bertz CT molecular complexity index is 1590. The number of pyridine rings is 1. The number of furan rings is 1. The molecule has 0 aliphatic rings. The summed E-state index contributed by atoms with van der Waals surface area (Å²) in [6.07, 6.45) is 3.62. The quantitative estimate of drug-likeness (QED) is 0.332. The van der Waals surface area contributed by atoms with Gasteiger partial charge in [0.05, 0.1) is 0 Å². The number of aromatic nitrogens is 4. The van der Waals surface area contributed by atoms with Gasteiger partial charge in [-0.05, 0) is 36.8 Å². The molecule has 0 bridgehead atoms. The van der Waals surface area contributed by atoms with Crippen LogP contribution >= 0.6 is 0 Å². The van der Waals surface area contributed by atoms with Crippen molar-refractivity contribution in [2.75, 3.05) is 0 Å². The van der Waals surface area contributed by atoms with E-state index in [-0.39, 0.29) is 0 Å². The van der Waals surface area contributed by atoms with E-state index < -0.39 is 0 Å². The van der Waals surface area contributed by atoms with Gasteiger partial charge in [-0.3, -0.25) is 4.98 Å². The predicted molar refractivity (Wildman–Crippen MR) is 126 cm³/mol. The Morgan fingerprint density at radius 2 is 1.41 bits per heavy atom. The Morgan fingerprint density at radius 3 is 2.28 bits per heavy atom. The molecule has 152 valence electrons. The molecule has 0 atom stereocenters. The summed E-state index contributed by atoms with van der Waals surface area (Å²) in [7, 11) is 0. The lowest BCUT2D eigenvalue weighted by Gasteiger charge is -2.10. The first-order chi connectivity index (χ1) is 15.8. The Kier molecular flexibility index (Phi) is 4.25. The van der Waals surface area contributed by atoms with Crippen molar-refractivity contribution in [1.82, 2.24) is 19.9 Å². The number of fused-ring (bicyclic) bond motifs is 3. The van der Waals surface area contributed by atoms with Crippen molar-refractivity contribution in [3.8, 4) is 33.9 Å². The van der Waals surface area contributed by atoms with Gasteiger partial charge in [0.2, 0.25) is 0 Å². The van der Waals surface area contributed by atoms with Crippen LogP contribution in [0, 0.1) is 6.92 Å². The summed E-state index contributed by atoms with van der Waals surface area (Å²) in [6.45, 7) is 1.89. The van der Waals surface area contributed by atoms with E-state index >= 15 is 0 Å². The second-order valence-electron chi connectivity index (χ2n) is 7.63. The van der Waals surface area contributed by atoms with Crippen LogP contribution in [-0.2, 0) is 0 Å². The highest BCUT2D eigenvalue weighted by Crippen LogP contribution is 2.33. The van der Waals surface area contributed by atoms with E-state index in [1.54, 1.807) is 6.20 Å². The minimum atomic E-state index is 0.621. The molecule has 5 nitrogen and oxygen atoms in total. The smallest absolute Gasteiger partial charge is 0.164 e. The molecule has 0 aliphatic heterocycles. The Hall–Kier alpha value is -4.38. The molecule has 0 spiro atoms. The molecule has 0 N–H and O–H groups in total. The summed E-state index contributed by atoms with van der Waals surface area (Å²) >= 11 is 0. The van der Waals surface area contributed by atoms with Crippen molar-refractivity contribution in [3.05, 3.63) is 97.1 Å². The van der Waals surface area contributed by atoms with Crippen LogP contribution in [0.25, 0.3) is 55.8 Å². The number of para-hydroxylation sites is 1. The molecule has 0 saturated carbocycles. The largest absolute Gasteiger partial charge is 0.456 e. The summed E-state index contributed by atoms with van der Waals surface area (Å²) in [4.78, 5) is 18.4. The van der Waals surface area contributed by atoms with Gasteiger partial charge in [0.1, 0.15) is 17.0 Å². The van der Waals surface area contributed by atoms with Crippen LogP contribution in [0.4, 0.5) is 0 Å². The topological polar surface area (TPSA) is 64.7 Å². The molecule has 5 heteroatoms. The van der Waals surface area contributed by atoms with Gasteiger partial charge in [-0.1, -0.05) is 54.6 Å². The number of hydrogen-bond donors (Lipinski definition) is 0. The van der Waals surface area contributed by atoms with Gasteiger partial charge in [0.25, 0.3) is 0 Å². The van der Waals surface area contributed by atoms with Gasteiger partial charge >= 0.3 is 0 Å². The van der Waals surface area contributed by atoms with Crippen LogP contribution < -0.4 is 0 Å². The number of rotatable bonds is 3. The van der Waals surface area contributed by atoms with Crippen molar-refractivity contribution >= 4 is 21.9 Å². The third kappa shape index (κ3) is 3.11. The Balaban J connectivity index is 1.50. The average Bonchev–Trinajstić information content (AvgIpc) is 3.22. The zero-order valence-corrected chi connectivity index (χ0v) is 17.4. The first kappa shape index (κ1) is 18.4. The van der Waals surface area contributed by atoms with Crippen molar-refractivity contribution in [3.63, 3.8) is 0 Å². The molecule has 0 amide bonds. The van der Waals surface area contributed by atoms with E-state index in [4.69, 9.17) is 9.40 Å². The molecule has 0 aliphatic carbocycles. The standard InChI is InChI=1S/C27H18N4O/c1-17-29-26(18-12-13-22-21-9-4-5-11-24(21)32-25(22)15-18)31-27(30-17)23-10-3-2-8-20(23)19-7-6-14-28-16-19/h2-16H,1H3. The minimum absolute atomic E-state index is 0.621.